The fourth-order valence-corrected chi connectivity index (χ4v) is 1.22. The van der Waals surface area contributed by atoms with Crippen LogP contribution in [-0.2, 0) is 0 Å². The second-order valence-corrected chi connectivity index (χ2v) is 3.16. The molecule has 0 radical (unpaired) electrons. The van der Waals surface area contributed by atoms with Gasteiger partial charge in [-0.15, -0.1) is 13.2 Å². The Bertz CT molecular complexity index is 559. The normalized spacial score (nSPS) is 11.5. The van der Waals surface area contributed by atoms with Crippen molar-refractivity contribution in [2.75, 3.05) is 0 Å². The lowest BCUT2D eigenvalue weighted by atomic mass is 10.1. The van der Waals surface area contributed by atoms with Crippen LogP contribution in [0.15, 0.2) is 6.07 Å². The van der Waals surface area contributed by atoms with Gasteiger partial charge in [0.05, 0.1) is 0 Å². The molecule has 0 atom stereocenters. The maximum atomic E-state index is 12.6. The number of rotatable bonds is 4. The van der Waals surface area contributed by atoms with Gasteiger partial charge in [-0.25, -0.2) is 13.6 Å². The second-order valence-electron chi connectivity index (χ2n) is 3.16. The van der Waals surface area contributed by atoms with Crippen LogP contribution in [-0.4, -0.2) is 27.3 Å². The second kappa shape index (κ2) is 5.22. The van der Waals surface area contributed by atoms with E-state index in [1.54, 1.807) is 0 Å². The number of pyridine rings is 1. The summed E-state index contributed by atoms with van der Waals surface area (Å²) < 4.78 is 64.2. The minimum Gasteiger partial charge on any atom is -0.477 e. The number of carboxylic acid groups (broad SMARTS) is 1. The van der Waals surface area contributed by atoms with Gasteiger partial charge < -0.3 is 20.0 Å². The molecule has 0 fully saturated rings. The van der Waals surface area contributed by atoms with Crippen LogP contribution in [0.3, 0.4) is 0 Å². The zero-order valence-corrected chi connectivity index (χ0v) is 9.02. The highest BCUT2D eigenvalue weighted by Crippen LogP contribution is 2.33. The lowest BCUT2D eigenvalue weighted by Crippen LogP contribution is -2.19. The molecule has 0 saturated carbocycles. The van der Waals surface area contributed by atoms with Crippen LogP contribution in [0.1, 0.15) is 22.3 Å². The summed E-state index contributed by atoms with van der Waals surface area (Å²) in [6.45, 7) is 0. The quantitative estimate of drug-likeness (QED) is 0.521. The number of hydrogen-bond donors (Lipinski definition) is 1. The third kappa shape index (κ3) is 3.49. The lowest BCUT2D eigenvalue weighted by molar-refractivity contribution is -0.390. The molecule has 0 spiro atoms. The molecule has 1 heterocycles. The molecule has 7 nitrogen and oxygen atoms in total. The average molecular weight is 302 g/mol. The van der Waals surface area contributed by atoms with E-state index in [1.165, 1.54) is 0 Å². The van der Waals surface area contributed by atoms with E-state index in [-0.39, 0.29) is 6.07 Å². The van der Waals surface area contributed by atoms with E-state index < -0.39 is 46.5 Å². The standard InChI is InChI=1S/C8H3F5N2O5/c9-5(10)2-1-3(20-8(11,12)13)14-6(15(18)19)4(2)7(16)17/h1,5H,(H,16,17). The van der Waals surface area contributed by atoms with Crippen molar-refractivity contribution in [2.45, 2.75) is 12.8 Å². The summed E-state index contributed by atoms with van der Waals surface area (Å²) in [4.78, 5) is 22.4. The van der Waals surface area contributed by atoms with Crippen LogP contribution >= 0.6 is 0 Å². The van der Waals surface area contributed by atoms with Gasteiger partial charge >= 0.3 is 24.0 Å². The van der Waals surface area contributed by atoms with Crippen molar-refractivity contribution in [3.8, 4) is 5.88 Å². The van der Waals surface area contributed by atoms with Gasteiger partial charge in [-0.05, 0) is 4.92 Å². The number of halogens is 5. The Morgan fingerprint density at radius 3 is 2.35 bits per heavy atom. The van der Waals surface area contributed by atoms with Gasteiger partial charge in [0.15, 0.2) is 5.56 Å². The molecule has 0 unspecified atom stereocenters. The fraction of sp³-hybridized carbons (Fsp3) is 0.250. The summed E-state index contributed by atoms with van der Waals surface area (Å²) >= 11 is 0. The SMILES string of the molecule is O=C(O)c1c(C(F)F)cc(OC(F)(F)F)nc1[N+](=O)[O-]. The molecule has 0 aliphatic carbocycles. The first-order chi connectivity index (χ1) is 9.03. The number of nitrogens with zero attached hydrogens (tertiary/aromatic N) is 2. The Kier molecular flexibility index (Phi) is 4.06. The molecular formula is C8H3F5N2O5. The minimum absolute atomic E-state index is 0.0192. The van der Waals surface area contributed by atoms with Crippen LogP contribution < -0.4 is 4.74 Å². The summed E-state index contributed by atoms with van der Waals surface area (Å²) in [5.41, 5.74) is -3.00. The zero-order chi connectivity index (χ0) is 15.7. The highest BCUT2D eigenvalue weighted by atomic mass is 19.4. The summed E-state index contributed by atoms with van der Waals surface area (Å²) in [7, 11) is 0. The Hall–Kier alpha value is -2.53. The van der Waals surface area contributed by atoms with Crippen molar-refractivity contribution in [2.24, 2.45) is 0 Å². The number of carboxylic acids is 1. The molecule has 0 aliphatic rings. The highest BCUT2D eigenvalue weighted by Gasteiger charge is 2.38. The predicted octanol–water partition coefficient (Wildman–Crippen LogP) is 2.52. The molecular weight excluding hydrogens is 299 g/mol. The van der Waals surface area contributed by atoms with Crippen LogP contribution in [0.25, 0.3) is 0 Å². The van der Waals surface area contributed by atoms with Crippen molar-refractivity contribution >= 4 is 11.8 Å². The van der Waals surface area contributed by atoms with Gasteiger partial charge in [0.25, 0.3) is 6.43 Å². The topological polar surface area (TPSA) is 103 Å². The van der Waals surface area contributed by atoms with E-state index in [4.69, 9.17) is 5.11 Å². The molecule has 0 amide bonds. The molecule has 1 rings (SSSR count). The van der Waals surface area contributed by atoms with Crippen molar-refractivity contribution < 1.29 is 41.5 Å². The van der Waals surface area contributed by atoms with E-state index in [0.717, 1.165) is 0 Å². The molecule has 0 aromatic carbocycles. The smallest absolute Gasteiger partial charge is 0.477 e. The maximum absolute atomic E-state index is 12.6. The minimum atomic E-state index is -5.33. The number of aromatic nitrogens is 1. The first-order valence-electron chi connectivity index (χ1n) is 4.49. The van der Waals surface area contributed by atoms with Crippen molar-refractivity contribution in [1.82, 2.24) is 4.98 Å². The lowest BCUT2D eigenvalue weighted by Gasteiger charge is -2.09. The Morgan fingerprint density at radius 2 is 2.00 bits per heavy atom. The first-order valence-corrected chi connectivity index (χ1v) is 4.49. The molecule has 1 aromatic heterocycles. The van der Waals surface area contributed by atoms with Gasteiger partial charge in [-0.3, -0.25) is 0 Å². The van der Waals surface area contributed by atoms with Crippen molar-refractivity contribution in [3.05, 3.63) is 27.3 Å². The van der Waals surface area contributed by atoms with Gasteiger partial charge in [0.2, 0.25) is 0 Å². The number of aromatic carboxylic acids is 1. The van der Waals surface area contributed by atoms with Crippen LogP contribution in [0.2, 0.25) is 0 Å². The van der Waals surface area contributed by atoms with E-state index >= 15 is 0 Å². The van der Waals surface area contributed by atoms with E-state index in [2.05, 4.69) is 9.72 Å². The van der Waals surface area contributed by atoms with E-state index in [9.17, 15) is 36.9 Å². The number of nitro groups is 1. The van der Waals surface area contributed by atoms with Crippen molar-refractivity contribution in [3.63, 3.8) is 0 Å². The molecule has 0 aliphatic heterocycles. The van der Waals surface area contributed by atoms with Crippen LogP contribution in [0.4, 0.5) is 27.8 Å². The molecule has 20 heavy (non-hydrogen) atoms. The third-order valence-corrected chi connectivity index (χ3v) is 1.85. The molecule has 1 aromatic rings. The summed E-state index contributed by atoms with van der Waals surface area (Å²) in [6.07, 6.45) is -8.90. The summed E-state index contributed by atoms with van der Waals surface area (Å²) in [6, 6.07) is -0.0192. The summed E-state index contributed by atoms with van der Waals surface area (Å²) in [5, 5.41) is 19.1. The van der Waals surface area contributed by atoms with Crippen LogP contribution in [0, 0.1) is 10.1 Å². The van der Waals surface area contributed by atoms with E-state index in [1.807, 2.05) is 0 Å². The van der Waals surface area contributed by atoms with Gasteiger partial charge in [0.1, 0.15) is 0 Å². The predicted molar refractivity (Wildman–Crippen MR) is 49.5 cm³/mol. The number of hydrogen-bond acceptors (Lipinski definition) is 5. The Balaban J connectivity index is 3.54. The Morgan fingerprint density at radius 1 is 1.45 bits per heavy atom. The molecule has 1 N–H and O–H groups in total. The molecule has 0 bridgehead atoms. The van der Waals surface area contributed by atoms with Gasteiger partial charge in [0, 0.05) is 16.6 Å². The fourth-order valence-electron chi connectivity index (χ4n) is 1.22. The van der Waals surface area contributed by atoms with E-state index in [0.29, 0.717) is 0 Å². The number of carbonyl (C=O) groups is 1. The highest BCUT2D eigenvalue weighted by molar-refractivity contribution is 5.93. The van der Waals surface area contributed by atoms with Gasteiger partial charge in [-0.1, -0.05) is 0 Å². The first kappa shape index (κ1) is 15.5. The largest absolute Gasteiger partial charge is 0.575 e. The third-order valence-electron chi connectivity index (χ3n) is 1.85. The molecule has 12 heteroatoms. The Labute approximate surface area is 105 Å². The molecule has 0 saturated heterocycles. The van der Waals surface area contributed by atoms with Gasteiger partial charge in [-0.2, -0.15) is 0 Å². The summed E-state index contributed by atoms with van der Waals surface area (Å²) in [5.74, 6) is -5.35. The number of alkyl halides is 5. The number of ether oxygens (including phenoxy) is 1. The van der Waals surface area contributed by atoms with Crippen LogP contribution in [0.5, 0.6) is 5.88 Å². The maximum Gasteiger partial charge on any atom is 0.575 e. The average Bonchev–Trinajstić information content (AvgIpc) is 2.24. The monoisotopic (exact) mass is 302 g/mol. The zero-order valence-electron chi connectivity index (χ0n) is 9.02. The van der Waals surface area contributed by atoms with Crippen molar-refractivity contribution in [1.29, 1.82) is 0 Å². The molecule has 110 valence electrons.